The van der Waals surface area contributed by atoms with Crippen molar-refractivity contribution in [2.24, 2.45) is 0 Å². The minimum atomic E-state index is -3.47. The normalized spacial score (nSPS) is 14.4. The van der Waals surface area contributed by atoms with E-state index in [1.54, 1.807) is 17.6 Å². The lowest BCUT2D eigenvalue weighted by atomic mass is 10.1. The molecule has 0 spiro atoms. The first-order valence-corrected chi connectivity index (χ1v) is 8.64. The van der Waals surface area contributed by atoms with Crippen LogP contribution < -0.4 is 10.0 Å². The predicted octanol–water partition coefficient (Wildman–Crippen LogP) is 1.53. The maximum Gasteiger partial charge on any atom is 0.240 e. The molecular formula is C13H15N3O2S2. The summed E-state index contributed by atoms with van der Waals surface area (Å²) >= 11 is 1.46. The van der Waals surface area contributed by atoms with Gasteiger partial charge in [0.05, 0.1) is 16.1 Å². The maximum atomic E-state index is 12.3. The Morgan fingerprint density at radius 1 is 1.35 bits per heavy atom. The van der Waals surface area contributed by atoms with Crippen molar-refractivity contribution in [3.63, 3.8) is 0 Å². The molecule has 0 fully saturated rings. The summed E-state index contributed by atoms with van der Waals surface area (Å²) in [6.45, 7) is 3.70. The highest BCUT2D eigenvalue weighted by Gasteiger charge is 2.18. The van der Waals surface area contributed by atoms with E-state index in [0.717, 1.165) is 29.2 Å². The lowest BCUT2D eigenvalue weighted by Crippen LogP contribution is -2.23. The van der Waals surface area contributed by atoms with Gasteiger partial charge in [0.2, 0.25) is 10.0 Å². The number of nitrogens with one attached hydrogen (secondary N) is 2. The van der Waals surface area contributed by atoms with Crippen molar-refractivity contribution in [2.75, 3.05) is 0 Å². The van der Waals surface area contributed by atoms with Crippen LogP contribution in [0.1, 0.15) is 21.7 Å². The van der Waals surface area contributed by atoms with Gasteiger partial charge in [-0.05, 0) is 30.2 Å². The van der Waals surface area contributed by atoms with Crippen LogP contribution in [0, 0.1) is 6.92 Å². The second-order valence-electron chi connectivity index (χ2n) is 4.72. The Kier molecular flexibility index (Phi) is 3.59. The van der Waals surface area contributed by atoms with E-state index < -0.39 is 10.0 Å². The van der Waals surface area contributed by atoms with Crippen LogP contribution in [0.3, 0.4) is 0 Å². The fraction of sp³-hybridized carbons (Fsp3) is 0.308. The zero-order chi connectivity index (χ0) is 14.2. The first-order valence-electron chi connectivity index (χ1n) is 6.27. The molecule has 1 aromatic carbocycles. The SMILES string of the molecule is Cc1ncsc1CNS(=O)(=O)c1ccc2c(c1)CNC2. The molecule has 0 atom stereocenters. The van der Waals surface area contributed by atoms with E-state index in [9.17, 15) is 8.42 Å². The van der Waals surface area contributed by atoms with Gasteiger partial charge in [-0.1, -0.05) is 6.07 Å². The predicted molar refractivity (Wildman–Crippen MR) is 77.9 cm³/mol. The van der Waals surface area contributed by atoms with Crippen molar-refractivity contribution in [1.29, 1.82) is 0 Å². The summed E-state index contributed by atoms with van der Waals surface area (Å²) < 4.78 is 27.2. The van der Waals surface area contributed by atoms with Crippen molar-refractivity contribution < 1.29 is 8.42 Å². The number of fused-ring (bicyclic) bond motifs is 1. The summed E-state index contributed by atoms with van der Waals surface area (Å²) in [7, 11) is -3.47. The molecule has 0 radical (unpaired) electrons. The van der Waals surface area contributed by atoms with E-state index in [2.05, 4.69) is 15.0 Å². The lowest BCUT2D eigenvalue weighted by Gasteiger charge is -2.07. The van der Waals surface area contributed by atoms with Crippen LogP contribution in [0.25, 0.3) is 0 Å². The fourth-order valence-corrected chi connectivity index (χ4v) is 4.03. The van der Waals surface area contributed by atoms with E-state index in [0.29, 0.717) is 4.90 Å². The first kappa shape index (κ1) is 13.7. The number of benzene rings is 1. The molecule has 2 N–H and O–H groups in total. The van der Waals surface area contributed by atoms with Gasteiger partial charge in [0.25, 0.3) is 0 Å². The van der Waals surface area contributed by atoms with Crippen LogP contribution >= 0.6 is 11.3 Å². The minimum Gasteiger partial charge on any atom is -0.309 e. The molecule has 106 valence electrons. The van der Waals surface area contributed by atoms with Crippen LogP contribution in [0.5, 0.6) is 0 Å². The summed E-state index contributed by atoms with van der Waals surface area (Å²) in [5, 5.41) is 3.21. The third-order valence-electron chi connectivity index (χ3n) is 3.39. The second kappa shape index (κ2) is 5.25. The van der Waals surface area contributed by atoms with Crippen molar-refractivity contribution in [3.8, 4) is 0 Å². The Morgan fingerprint density at radius 2 is 2.15 bits per heavy atom. The summed E-state index contributed by atoms with van der Waals surface area (Å²) in [5.74, 6) is 0. The van der Waals surface area contributed by atoms with Crippen molar-refractivity contribution in [2.45, 2.75) is 31.5 Å². The maximum absolute atomic E-state index is 12.3. The highest BCUT2D eigenvalue weighted by atomic mass is 32.2. The molecule has 0 saturated carbocycles. The summed E-state index contributed by atoms with van der Waals surface area (Å²) in [4.78, 5) is 5.38. The molecule has 3 rings (SSSR count). The molecule has 5 nitrogen and oxygen atoms in total. The summed E-state index contributed by atoms with van der Waals surface area (Å²) in [5.41, 5.74) is 4.82. The van der Waals surface area contributed by atoms with Gasteiger partial charge >= 0.3 is 0 Å². The van der Waals surface area contributed by atoms with E-state index >= 15 is 0 Å². The molecule has 2 heterocycles. The third kappa shape index (κ3) is 2.62. The van der Waals surface area contributed by atoms with Gasteiger partial charge in [-0.2, -0.15) is 0 Å². The molecule has 7 heteroatoms. The number of rotatable bonds is 4. The third-order valence-corrected chi connectivity index (χ3v) is 5.72. The molecule has 0 amide bonds. The molecule has 0 bridgehead atoms. The second-order valence-corrected chi connectivity index (χ2v) is 7.43. The molecule has 1 aliphatic heterocycles. The van der Waals surface area contributed by atoms with Gasteiger partial charge in [-0.3, -0.25) is 0 Å². The number of aryl methyl sites for hydroxylation is 1. The average molecular weight is 309 g/mol. The molecule has 0 unspecified atom stereocenters. The van der Waals surface area contributed by atoms with Crippen LogP contribution in [-0.2, 0) is 29.7 Å². The standard InChI is InChI=1S/C13H15N3O2S2/c1-9-13(19-8-15-9)7-16-20(17,18)12-3-2-10-5-14-6-11(10)4-12/h2-4,8,14,16H,5-7H2,1H3. The number of thiazole rings is 1. The lowest BCUT2D eigenvalue weighted by molar-refractivity contribution is 0.581. The van der Waals surface area contributed by atoms with Crippen molar-refractivity contribution in [3.05, 3.63) is 45.4 Å². The number of aromatic nitrogens is 1. The van der Waals surface area contributed by atoms with Gasteiger partial charge in [0.1, 0.15) is 0 Å². The highest BCUT2D eigenvalue weighted by Crippen LogP contribution is 2.20. The first-order chi connectivity index (χ1) is 9.56. The number of nitrogens with zero attached hydrogens (tertiary/aromatic N) is 1. The van der Waals surface area contributed by atoms with Crippen molar-refractivity contribution >= 4 is 21.4 Å². The number of sulfonamides is 1. The van der Waals surface area contributed by atoms with E-state index in [4.69, 9.17) is 0 Å². The summed E-state index contributed by atoms with van der Waals surface area (Å²) in [6.07, 6.45) is 0. The van der Waals surface area contributed by atoms with Crippen LogP contribution in [0.4, 0.5) is 0 Å². The molecule has 0 saturated heterocycles. The van der Waals surface area contributed by atoms with Crippen LogP contribution in [0.15, 0.2) is 28.6 Å². The van der Waals surface area contributed by atoms with Crippen molar-refractivity contribution in [1.82, 2.24) is 15.0 Å². The Bertz CT molecular complexity index is 738. The van der Waals surface area contributed by atoms with Gasteiger partial charge in [-0.25, -0.2) is 18.1 Å². The zero-order valence-electron chi connectivity index (χ0n) is 11.0. The van der Waals surface area contributed by atoms with Gasteiger partial charge in [-0.15, -0.1) is 11.3 Å². The Balaban J connectivity index is 1.80. The van der Waals surface area contributed by atoms with E-state index in [1.807, 2.05) is 13.0 Å². The smallest absolute Gasteiger partial charge is 0.240 e. The molecule has 1 aromatic heterocycles. The molecule has 20 heavy (non-hydrogen) atoms. The quantitative estimate of drug-likeness (QED) is 0.898. The van der Waals surface area contributed by atoms with Gasteiger partial charge < -0.3 is 5.32 Å². The fourth-order valence-electron chi connectivity index (χ4n) is 2.18. The minimum absolute atomic E-state index is 0.286. The number of hydrogen-bond acceptors (Lipinski definition) is 5. The Morgan fingerprint density at radius 3 is 2.90 bits per heavy atom. The Hall–Kier alpha value is -1.28. The molecular weight excluding hydrogens is 294 g/mol. The van der Waals surface area contributed by atoms with Gasteiger partial charge in [0, 0.05) is 24.5 Å². The van der Waals surface area contributed by atoms with Crippen LogP contribution in [0.2, 0.25) is 0 Å². The van der Waals surface area contributed by atoms with E-state index in [-0.39, 0.29) is 6.54 Å². The average Bonchev–Trinajstić information content (AvgIpc) is 3.04. The highest BCUT2D eigenvalue weighted by molar-refractivity contribution is 7.89. The van der Waals surface area contributed by atoms with E-state index in [1.165, 1.54) is 16.9 Å². The Labute approximate surface area is 122 Å². The van der Waals surface area contributed by atoms with Gasteiger partial charge in [0.15, 0.2) is 0 Å². The largest absolute Gasteiger partial charge is 0.309 e. The molecule has 0 aliphatic carbocycles. The topological polar surface area (TPSA) is 71.1 Å². The van der Waals surface area contributed by atoms with Crippen LogP contribution in [-0.4, -0.2) is 13.4 Å². The molecule has 1 aliphatic rings. The number of hydrogen-bond donors (Lipinski definition) is 2. The summed E-state index contributed by atoms with van der Waals surface area (Å²) in [6, 6.07) is 5.28. The zero-order valence-corrected chi connectivity index (χ0v) is 12.6. The molecule has 2 aromatic rings. The monoisotopic (exact) mass is 309 g/mol.